The zero-order valence-corrected chi connectivity index (χ0v) is 15.2. The summed E-state index contributed by atoms with van der Waals surface area (Å²) in [7, 11) is 0. The van der Waals surface area contributed by atoms with E-state index >= 15 is 0 Å². The molecule has 2 saturated heterocycles. The summed E-state index contributed by atoms with van der Waals surface area (Å²) in [4.78, 5) is 15.1. The summed E-state index contributed by atoms with van der Waals surface area (Å²) in [6, 6.07) is 10.8. The minimum atomic E-state index is -0.0277. The molecule has 138 valence electrons. The van der Waals surface area contributed by atoms with E-state index in [9.17, 15) is 4.79 Å². The Morgan fingerprint density at radius 3 is 2.85 bits per heavy atom. The topological polar surface area (TPSA) is 59.4 Å². The van der Waals surface area contributed by atoms with Crippen molar-refractivity contribution in [2.45, 2.75) is 44.7 Å². The lowest BCUT2D eigenvalue weighted by molar-refractivity contribution is 0.0737. The molecular weight excluding hydrogens is 328 g/mol. The third-order valence-corrected chi connectivity index (χ3v) is 5.18. The van der Waals surface area contributed by atoms with Gasteiger partial charge in [-0.15, -0.1) is 0 Å². The van der Waals surface area contributed by atoms with Gasteiger partial charge in [-0.05, 0) is 37.8 Å². The van der Waals surface area contributed by atoms with Gasteiger partial charge in [0.15, 0.2) is 11.4 Å². The number of hydrogen-bond acceptors (Lipinski definition) is 4. The maximum atomic E-state index is 13.2. The highest BCUT2D eigenvalue weighted by Crippen LogP contribution is 2.25. The van der Waals surface area contributed by atoms with E-state index in [1.807, 2.05) is 41.4 Å². The maximum absolute atomic E-state index is 13.2. The fraction of sp³-hybridized carbons (Fsp3) is 0.500. The van der Waals surface area contributed by atoms with E-state index in [1.165, 1.54) is 6.42 Å². The fourth-order valence-electron chi connectivity index (χ4n) is 3.81. The Bertz CT molecular complexity index is 758. The Morgan fingerprint density at radius 2 is 2.04 bits per heavy atom. The van der Waals surface area contributed by atoms with Gasteiger partial charge in [0.05, 0.1) is 18.5 Å². The van der Waals surface area contributed by atoms with Gasteiger partial charge in [0, 0.05) is 25.2 Å². The van der Waals surface area contributed by atoms with Crippen LogP contribution in [-0.4, -0.2) is 52.4 Å². The summed E-state index contributed by atoms with van der Waals surface area (Å²) in [5.74, 6) is 0.545. The van der Waals surface area contributed by atoms with Crippen LogP contribution in [0.3, 0.4) is 0 Å². The van der Waals surface area contributed by atoms with Gasteiger partial charge in [0.1, 0.15) is 0 Å². The third kappa shape index (κ3) is 3.46. The largest absolute Gasteiger partial charge is 0.489 e. The van der Waals surface area contributed by atoms with E-state index in [1.54, 1.807) is 4.68 Å². The molecule has 1 N–H and O–H groups in total. The van der Waals surface area contributed by atoms with Gasteiger partial charge in [-0.2, -0.15) is 5.10 Å². The number of carbonyl (C=O) groups excluding carboxylic acids is 1. The SMILES string of the molecule is CCCOc1cn(-c2ccccc2)nc1C(=O)N1CCC2CCC(C1)N2. The number of likely N-dealkylation sites (tertiary alicyclic amines) is 1. The van der Waals surface area contributed by atoms with Gasteiger partial charge in [-0.1, -0.05) is 25.1 Å². The number of amides is 1. The molecule has 1 aromatic carbocycles. The molecule has 2 bridgehead atoms. The zero-order valence-electron chi connectivity index (χ0n) is 15.2. The number of nitrogens with one attached hydrogen (secondary N) is 1. The zero-order chi connectivity index (χ0) is 17.9. The first-order valence-corrected chi connectivity index (χ1v) is 9.58. The Kier molecular flexibility index (Phi) is 4.93. The highest BCUT2D eigenvalue weighted by Gasteiger charge is 2.33. The van der Waals surface area contributed by atoms with Crippen LogP contribution in [0.1, 0.15) is 43.1 Å². The van der Waals surface area contributed by atoms with Crippen LogP contribution in [0.15, 0.2) is 36.5 Å². The van der Waals surface area contributed by atoms with Crippen LogP contribution in [-0.2, 0) is 0 Å². The molecule has 6 heteroatoms. The lowest BCUT2D eigenvalue weighted by Gasteiger charge is -2.23. The first-order valence-electron chi connectivity index (χ1n) is 9.58. The highest BCUT2D eigenvalue weighted by molar-refractivity contribution is 5.95. The van der Waals surface area contributed by atoms with Gasteiger partial charge in [0.25, 0.3) is 5.91 Å². The number of ether oxygens (including phenoxy) is 1. The molecule has 1 aromatic heterocycles. The number of benzene rings is 1. The van der Waals surface area contributed by atoms with Gasteiger partial charge < -0.3 is 15.0 Å². The lowest BCUT2D eigenvalue weighted by Crippen LogP contribution is -2.39. The number of fused-ring (bicyclic) bond motifs is 2. The van der Waals surface area contributed by atoms with Crippen LogP contribution in [0.4, 0.5) is 0 Å². The molecular formula is C20H26N4O2. The standard InChI is InChI=1S/C20H26N4O2/c1-2-12-26-18-14-24(17-6-4-3-5-7-17)22-19(18)20(25)23-11-10-15-8-9-16(13-23)21-15/h3-7,14-16,21H,2,8-13H2,1H3. The average molecular weight is 354 g/mol. The van der Waals surface area contributed by atoms with E-state index in [4.69, 9.17) is 4.74 Å². The number of para-hydroxylation sites is 1. The van der Waals surface area contributed by atoms with Crippen molar-refractivity contribution >= 4 is 5.91 Å². The highest BCUT2D eigenvalue weighted by atomic mass is 16.5. The van der Waals surface area contributed by atoms with Crippen molar-refractivity contribution in [3.63, 3.8) is 0 Å². The van der Waals surface area contributed by atoms with Crippen LogP contribution in [0.25, 0.3) is 5.69 Å². The first kappa shape index (κ1) is 17.1. The van der Waals surface area contributed by atoms with Crippen molar-refractivity contribution in [3.8, 4) is 11.4 Å². The molecule has 1 amide bonds. The third-order valence-electron chi connectivity index (χ3n) is 5.18. The molecule has 2 unspecified atom stereocenters. The minimum Gasteiger partial charge on any atom is -0.489 e. The minimum absolute atomic E-state index is 0.0277. The van der Waals surface area contributed by atoms with Gasteiger partial charge in [-0.25, -0.2) is 4.68 Å². The van der Waals surface area contributed by atoms with Crippen molar-refractivity contribution < 1.29 is 9.53 Å². The maximum Gasteiger partial charge on any atom is 0.278 e. The van der Waals surface area contributed by atoms with E-state index in [-0.39, 0.29) is 5.91 Å². The predicted octanol–water partition coefficient (Wildman–Crippen LogP) is 2.63. The normalized spacial score (nSPS) is 22.3. The fourth-order valence-corrected chi connectivity index (χ4v) is 3.81. The smallest absolute Gasteiger partial charge is 0.278 e. The Morgan fingerprint density at radius 1 is 1.23 bits per heavy atom. The summed E-state index contributed by atoms with van der Waals surface area (Å²) in [5, 5.41) is 8.20. The molecule has 3 heterocycles. The molecule has 0 radical (unpaired) electrons. The Hall–Kier alpha value is -2.34. The van der Waals surface area contributed by atoms with Crippen molar-refractivity contribution in [2.75, 3.05) is 19.7 Å². The second-order valence-corrected chi connectivity index (χ2v) is 7.15. The number of carbonyl (C=O) groups is 1. The van der Waals surface area contributed by atoms with Crippen LogP contribution in [0.2, 0.25) is 0 Å². The second-order valence-electron chi connectivity index (χ2n) is 7.15. The summed E-state index contributed by atoms with van der Waals surface area (Å²) in [6.07, 6.45) is 6.08. The monoisotopic (exact) mass is 354 g/mol. The quantitative estimate of drug-likeness (QED) is 0.897. The summed E-state index contributed by atoms with van der Waals surface area (Å²) in [5.41, 5.74) is 1.34. The van der Waals surface area contributed by atoms with Crippen LogP contribution in [0.5, 0.6) is 5.75 Å². The molecule has 4 rings (SSSR count). The van der Waals surface area contributed by atoms with Crippen LogP contribution < -0.4 is 10.1 Å². The molecule has 2 aliphatic rings. The number of aromatic nitrogens is 2. The Labute approximate surface area is 154 Å². The van der Waals surface area contributed by atoms with E-state index in [2.05, 4.69) is 17.3 Å². The first-order chi connectivity index (χ1) is 12.7. The van der Waals surface area contributed by atoms with E-state index in [0.717, 1.165) is 38.0 Å². The van der Waals surface area contributed by atoms with Crippen LogP contribution >= 0.6 is 0 Å². The molecule has 2 aliphatic heterocycles. The van der Waals surface area contributed by atoms with Crippen molar-refractivity contribution in [1.29, 1.82) is 0 Å². The molecule has 0 saturated carbocycles. The molecule has 2 atom stereocenters. The van der Waals surface area contributed by atoms with E-state index in [0.29, 0.717) is 30.1 Å². The molecule has 2 aromatic rings. The molecule has 2 fully saturated rings. The molecule has 0 spiro atoms. The summed E-state index contributed by atoms with van der Waals surface area (Å²) in [6.45, 7) is 4.16. The van der Waals surface area contributed by atoms with Gasteiger partial charge >= 0.3 is 0 Å². The summed E-state index contributed by atoms with van der Waals surface area (Å²) < 4.78 is 7.58. The van der Waals surface area contributed by atoms with E-state index < -0.39 is 0 Å². The molecule has 26 heavy (non-hydrogen) atoms. The van der Waals surface area contributed by atoms with Crippen LogP contribution in [0, 0.1) is 0 Å². The van der Waals surface area contributed by atoms with Gasteiger partial charge in [-0.3, -0.25) is 4.79 Å². The number of hydrogen-bond donors (Lipinski definition) is 1. The predicted molar refractivity (Wildman–Crippen MR) is 99.8 cm³/mol. The molecule has 0 aliphatic carbocycles. The Balaban J connectivity index is 1.61. The van der Waals surface area contributed by atoms with Gasteiger partial charge in [0.2, 0.25) is 0 Å². The average Bonchev–Trinajstić information content (AvgIpc) is 3.23. The van der Waals surface area contributed by atoms with Crippen molar-refractivity contribution in [3.05, 3.63) is 42.2 Å². The summed E-state index contributed by atoms with van der Waals surface area (Å²) >= 11 is 0. The molecule has 6 nitrogen and oxygen atoms in total. The van der Waals surface area contributed by atoms with Crippen molar-refractivity contribution in [2.24, 2.45) is 0 Å². The number of rotatable bonds is 5. The van der Waals surface area contributed by atoms with Crippen molar-refractivity contribution in [1.82, 2.24) is 20.0 Å². The number of nitrogens with zero attached hydrogens (tertiary/aromatic N) is 3. The second kappa shape index (κ2) is 7.50. The lowest BCUT2D eigenvalue weighted by atomic mass is 10.1.